The molecule has 1 N–H and O–H groups in total. The number of phenols is 1. The van der Waals surface area contributed by atoms with Gasteiger partial charge in [0.25, 0.3) is 0 Å². The number of aryl methyl sites for hydroxylation is 3. The molecular formula is C25H28ClNO3S. The number of hydrogen-bond acceptors (Lipinski definition) is 5. The Balaban J connectivity index is 2.12. The molecule has 2 aromatic heterocycles. The smallest absolute Gasteiger partial charge is 0.163 e. The maximum Gasteiger partial charge on any atom is 0.163 e. The minimum absolute atomic E-state index is 0.0852. The highest BCUT2D eigenvalue weighted by atomic mass is 35.5. The van der Waals surface area contributed by atoms with E-state index in [1.54, 1.807) is 30.4 Å². The number of Topliss-reactive ketones (excluding diaryl/α,β-unsaturated/α-hetero) is 1. The maximum absolute atomic E-state index is 12.8. The van der Waals surface area contributed by atoms with Crippen molar-refractivity contribution >= 4 is 38.9 Å². The molecule has 1 aromatic carbocycles. The Morgan fingerprint density at radius 3 is 2.61 bits per heavy atom. The molecule has 1 aliphatic rings. The van der Waals surface area contributed by atoms with E-state index in [1.165, 1.54) is 16.9 Å². The number of phenolic OH excluding ortho intramolecular Hbond substituents is 1. The summed E-state index contributed by atoms with van der Waals surface area (Å²) in [6, 6.07) is 5.15. The second kappa shape index (κ2) is 8.19. The Kier molecular flexibility index (Phi) is 5.88. The average molecular weight is 458 g/mol. The van der Waals surface area contributed by atoms with Crippen molar-refractivity contribution in [2.24, 2.45) is 0 Å². The van der Waals surface area contributed by atoms with Gasteiger partial charge in [-0.1, -0.05) is 11.6 Å². The van der Waals surface area contributed by atoms with Crippen molar-refractivity contribution in [1.82, 2.24) is 4.98 Å². The van der Waals surface area contributed by atoms with E-state index in [0.717, 1.165) is 46.3 Å². The van der Waals surface area contributed by atoms with E-state index in [2.05, 4.69) is 0 Å². The summed E-state index contributed by atoms with van der Waals surface area (Å²) in [6.45, 7) is 9.29. The number of carbonyl (C=O) groups excluding carboxylic acids is 1. The van der Waals surface area contributed by atoms with Gasteiger partial charge in [-0.25, -0.2) is 4.98 Å². The quantitative estimate of drug-likeness (QED) is 0.460. The zero-order chi connectivity index (χ0) is 22.5. The second-order valence-corrected chi connectivity index (χ2v) is 10.8. The van der Waals surface area contributed by atoms with Gasteiger partial charge in [-0.05, 0) is 84.1 Å². The molecule has 31 heavy (non-hydrogen) atoms. The molecule has 3 aromatic rings. The summed E-state index contributed by atoms with van der Waals surface area (Å²) in [6.07, 6.45) is 3.55. The Labute approximate surface area is 192 Å². The van der Waals surface area contributed by atoms with Crippen molar-refractivity contribution in [2.75, 3.05) is 0 Å². The molecule has 0 bridgehead atoms. The van der Waals surface area contributed by atoms with Gasteiger partial charge in [-0.2, -0.15) is 0 Å². The summed E-state index contributed by atoms with van der Waals surface area (Å²) in [5, 5.41) is 12.4. The van der Waals surface area contributed by atoms with Crippen molar-refractivity contribution in [3.05, 3.63) is 44.9 Å². The lowest BCUT2D eigenvalue weighted by atomic mass is 9.87. The summed E-state index contributed by atoms with van der Waals surface area (Å²) in [4.78, 5) is 20.1. The van der Waals surface area contributed by atoms with Crippen LogP contribution in [0, 0.1) is 6.92 Å². The van der Waals surface area contributed by atoms with Crippen molar-refractivity contribution in [2.45, 2.75) is 72.0 Å². The van der Waals surface area contributed by atoms with Gasteiger partial charge >= 0.3 is 0 Å². The fourth-order valence-corrected chi connectivity index (χ4v) is 5.92. The number of nitrogens with zero attached hydrogens (tertiary/aromatic N) is 1. The number of halogens is 1. The normalized spacial score (nSPS) is 15.2. The first-order valence-electron chi connectivity index (χ1n) is 10.7. The van der Waals surface area contributed by atoms with E-state index in [9.17, 15) is 9.90 Å². The number of ether oxygens (including phenoxy) is 1. The van der Waals surface area contributed by atoms with Crippen LogP contribution in [0.5, 0.6) is 5.75 Å². The second-order valence-electron chi connectivity index (χ2n) is 9.26. The van der Waals surface area contributed by atoms with E-state index in [0.29, 0.717) is 10.6 Å². The molecule has 2 heterocycles. The number of benzene rings is 1. The third-order valence-electron chi connectivity index (χ3n) is 5.66. The van der Waals surface area contributed by atoms with E-state index < -0.39 is 11.7 Å². The molecule has 0 amide bonds. The van der Waals surface area contributed by atoms with Gasteiger partial charge in [-0.3, -0.25) is 4.79 Å². The van der Waals surface area contributed by atoms with Crippen LogP contribution in [0.2, 0.25) is 5.02 Å². The third-order valence-corrected chi connectivity index (χ3v) is 7.08. The molecule has 0 radical (unpaired) electrons. The lowest BCUT2D eigenvalue weighted by Crippen LogP contribution is -2.27. The molecule has 1 unspecified atom stereocenters. The van der Waals surface area contributed by atoms with Crippen LogP contribution in [0.3, 0.4) is 0 Å². The van der Waals surface area contributed by atoms with Crippen LogP contribution in [0.15, 0.2) is 18.2 Å². The molecule has 1 atom stereocenters. The monoisotopic (exact) mass is 457 g/mol. The first-order valence-corrected chi connectivity index (χ1v) is 11.9. The number of carbonyl (C=O) groups is 1. The highest BCUT2D eigenvalue weighted by Crippen LogP contribution is 2.48. The highest BCUT2D eigenvalue weighted by Gasteiger charge is 2.33. The highest BCUT2D eigenvalue weighted by molar-refractivity contribution is 7.19. The number of ketones is 1. The van der Waals surface area contributed by atoms with E-state index in [-0.39, 0.29) is 11.5 Å². The van der Waals surface area contributed by atoms with Crippen LogP contribution in [-0.2, 0) is 22.4 Å². The molecule has 4 nitrogen and oxygen atoms in total. The Morgan fingerprint density at radius 2 is 1.97 bits per heavy atom. The van der Waals surface area contributed by atoms with Crippen LogP contribution in [-0.4, -0.2) is 21.5 Å². The van der Waals surface area contributed by atoms with Gasteiger partial charge in [-0.15, -0.1) is 11.3 Å². The van der Waals surface area contributed by atoms with Gasteiger partial charge < -0.3 is 9.84 Å². The minimum Gasteiger partial charge on any atom is -0.507 e. The SMILES string of the molecule is CC(=O)C(OC(C)(C)C)c1c(C)nc2sc3c(c2c1-c1ccc(Cl)cc1O)CCCC3. The predicted octanol–water partition coefficient (Wildman–Crippen LogP) is 6.95. The summed E-state index contributed by atoms with van der Waals surface area (Å²) in [5.41, 5.74) is 3.76. The molecule has 4 rings (SSSR count). The van der Waals surface area contributed by atoms with E-state index >= 15 is 0 Å². The molecule has 0 aliphatic heterocycles. The maximum atomic E-state index is 12.8. The predicted molar refractivity (Wildman–Crippen MR) is 127 cm³/mol. The molecule has 0 spiro atoms. The van der Waals surface area contributed by atoms with Crippen LogP contribution < -0.4 is 0 Å². The van der Waals surface area contributed by atoms with Crippen molar-refractivity contribution < 1.29 is 14.6 Å². The number of aromatic nitrogens is 1. The van der Waals surface area contributed by atoms with Crippen LogP contribution in [0.4, 0.5) is 0 Å². The summed E-state index contributed by atoms with van der Waals surface area (Å²) in [5.74, 6) is 0.00689. The van der Waals surface area contributed by atoms with Crippen molar-refractivity contribution in [1.29, 1.82) is 0 Å². The summed E-state index contributed by atoms with van der Waals surface area (Å²) >= 11 is 7.87. The molecule has 6 heteroatoms. The molecular weight excluding hydrogens is 430 g/mol. The molecule has 0 fully saturated rings. The lowest BCUT2D eigenvalue weighted by molar-refractivity contribution is -0.138. The number of rotatable bonds is 4. The fraction of sp³-hybridized carbons (Fsp3) is 0.440. The number of fused-ring (bicyclic) bond motifs is 3. The minimum atomic E-state index is -0.777. The largest absolute Gasteiger partial charge is 0.507 e. The fourth-order valence-electron chi connectivity index (χ4n) is 4.43. The zero-order valence-electron chi connectivity index (χ0n) is 18.6. The zero-order valence-corrected chi connectivity index (χ0v) is 20.2. The van der Waals surface area contributed by atoms with E-state index in [1.807, 2.05) is 33.8 Å². The molecule has 0 saturated heterocycles. The van der Waals surface area contributed by atoms with Gasteiger partial charge in [0.15, 0.2) is 5.78 Å². The third kappa shape index (κ3) is 4.23. The first-order chi connectivity index (χ1) is 14.6. The number of aromatic hydroxyl groups is 1. The van der Waals surface area contributed by atoms with Crippen LogP contribution in [0.1, 0.15) is 68.3 Å². The lowest BCUT2D eigenvalue weighted by Gasteiger charge is -2.29. The van der Waals surface area contributed by atoms with Crippen molar-refractivity contribution in [3.63, 3.8) is 0 Å². The number of thiophene rings is 1. The van der Waals surface area contributed by atoms with Crippen LogP contribution in [0.25, 0.3) is 21.3 Å². The van der Waals surface area contributed by atoms with Crippen molar-refractivity contribution in [3.8, 4) is 16.9 Å². The Hall–Kier alpha value is -1.95. The van der Waals surface area contributed by atoms with Gasteiger partial charge in [0, 0.05) is 37.7 Å². The van der Waals surface area contributed by atoms with Gasteiger partial charge in [0.2, 0.25) is 0 Å². The summed E-state index contributed by atoms with van der Waals surface area (Å²) < 4.78 is 6.27. The van der Waals surface area contributed by atoms with Gasteiger partial charge in [0.05, 0.1) is 5.60 Å². The Morgan fingerprint density at radius 1 is 1.26 bits per heavy atom. The molecule has 164 valence electrons. The summed E-state index contributed by atoms with van der Waals surface area (Å²) in [7, 11) is 0. The number of hydrogen-bond donors (Lipinski definition) is 1. The standard InChI is InChI=1S/C25H28ClNO3S/c1-13-20(23(14(2)28)30-25(3,4)5)21(16-11-10-15(26)12-18(16)29)22-17-8-6-7-9-19(17)31-24(22)27-13/h10-12,23,29H,6-9H2,1-5H3. The number of pyridine rings is 1. The first kappa shape index (κ1) is 22.3. The topological polar surface area (TPSA) is 59.4 Å². The average Bonchev–Trinajstić information content (AvgIpc) is 3.02. The van der Waals surface area contributed by atoms with Crippen LogP contribution >= 0.6 is 22.9 Å². The van der Waals surface area contributed by atoms with Gasteiger partial charge in [0.1, 0.15) is 16.7 Å². The Bertz CT molecular complexity index is 1180. The molecule has 0 saturated carbocycles. The molecule has 1 aliphatic carbocycles. The van der Waals surface area contributed by atoms with E-state index in [4.69, 9.17) is 21.3 Å².